The highest BCUT2D eigenvalue weighted by Crippen LogP contribution is 2.44. The monoisotopic (exact) mass is 398 g/mol. The second-order valence-corrected chi connectivity index (χ2v) is 7.79. The van der Waals surface area contributed by atoms with Crippen LogP contribution in [0.2, 0.25) is 0 Å². The molecule has 2 aromatic carbocycles. The zero-order valence-electron chi connectivity index (χ0n) is 16.3. The molecule has 3 aliphatic rings. The van der Waals surface area contributed by atoms with Crippen molar-refractivity contribution in [3.05, 3.63) is 59.9 Å². The van der Waals surface area contributed by atoms with Gasteiger partial charge in [-0.25, -0.2) is 4.39 Å². The number of amides is 1. The summed E-state index contributed by atoms with van der Waals surface area (Å²) in [5.41, 5.74) is 2.73. The molecule has 2 saturated heterocycles. The number of carbonyl (C=O) groups is 1. The Morgan fingerprint density at radius 1 is 1.00 bits per heavy atom. The zero-order chi connectivity index (χ0) is 19.8. The van der Waals surface area contributed by atoms with Gasteiger partial charge in [-0.1, -0.05) is 18.2 Å². The van der Waals surface area contributed by atoms with Crippen LogP contribution in [0.1, 0.15) is 12.0 Å². The molecule has 5 rings (SSSR count). The quantitative estimate of drug-likeness (QED) is 0.842. The van der Waals surface area contributed by atoms with E-state index in [9.17, 15) is 9.18 Å². The van der Waals surface area contributed by atoms with E-state index in [-0.39, 0.29) is 11.7 Å². The van der Waals surface area contributed by atoms with Crippen molar-refractivity contribution in [2.24, 2.45) is 0 Å². The van der Waals surface area contributed by atoms with E-state index >= 15 is 0 Å². The fourth-order valence-corrected chi connectivity index (χ4v) is 4.47. The summed E-state index contributed by atoms with van der Waals surface area (Å²) in [4.78, 5) is 18.8. The molecule has 0 unspecified atom stereocenters. The summed E-state index contributed by atoms with van der Waals surface area (Å²) in [6, 6.07) is 14.4. The minimum absolute atomic E-state index is 0.119. The van der Waals surface area contributed by atoms with Crippen molar-refractivity contribution in [2.75, 3.05) is 55.9 Å². The Hall–Kier alpha value is -2.48. The van der Waals surface area contributed by atoms with Gasteiger partial charge in [0.15, 0.2) is 6.67 Å². The lowest BCUT2D eigenvalue weighted by atomic mass is 10.1. The first kappa shape index (κ1) is 18.5. The van der Waals surface area contributed by atoms with Crippen molar-refractivity contribution >= 4 is 17.3 Å². The van der Waals surface area contributed by atoms with Crippen LogP contribution in [0.4, 0.5) is 15.8 Å². The van der Waals surface area contributed by atoms with Crippen LogP contribution < -0.4 is 14.7 Å². The van der Waals surface area contributed by atoms with Gasteiger partial charge in [0.05, 0.1) is 45.1 Å². The van der Waals surface area contributed by atoms with Crippen LogP contribution in [-0.4, -0.2) is 52.0 Å². The number of piperazine rings is 1. The Labute approximate surface area is 169 Å². The third-order valence-corrected chi connectivity index (χ3v) is 6.02. The van der Waals surface area contributed by atoms with Crippen molar-refractivity contribution in [3.8, 4) is 0 Å². The van der Waals surface area contributed by atoms with E-state index < -0.39 is 5.79 Å². The van der Waals surface area contributed by atoms with Crippen LogP contribution in [-0.2, 0) is 20.1 Å². The summed E-state index contributed by atoms with van der Waals surface area (Å²) in [6.45, 7) is 5.16. The molecule has 29 heavy (non-hydrogen) atoms. The Balaban J connectivity index is 1.30. The maximum Gasteiger partial charge on any atom is 0.296 e. The molecule has 2 aromatic rings. The normalized spacial score (nSPS) is 21.6. The maximum absolute atomic E-state index is 13.3. The second-order valence-electron chi connectivity index (χ2n) is 7.79. The molecule has 0 bridgehead atoms. The number of benzene rings is 2. The smallest absolute Gasteiger partial charge is 0.296 e. The lowest BCUT2D eigenvalue weighted by molar-refractivity contribution is -0.899. The summed E-state index contributed by atoms with van der Waals surface area (Å²) in [6.07, 6.45) is 0.799. The molecule has 1 spiro atoms. The number of quaternary nitrogens is 1. The van der Waals surface area contributed by atoms with Crippen LogP contribution >= 0.6 is 0 Å². The number of rotatable bonds is 3. The lowest BCUT2D eigenvalue weighted by Crippen LogP contribution is -3.16. The van der Waals surface area contributed by atoms with Gasteiger partial charge in [-0.05, 0) is 36.8 Å². The Morgan fingerprint density at radius 2 is 1.69 bits per heavy atom. The molecule has 7 heteroatoms. The Bertz CT molecular complexity index is 890. The summed E-state index contributed by atoms with van der Waals surface area (Å²) in [7, 11) is 0. The number of para-hydroxylation sites is 1. The maximum atomic E-state index is 13.3. The molecule has 152 valence electrons. The topological polar surface area (TPSA) is 46.5 Å². The summed E-state index contributed by atoms with van der Waals surface area (Å²) in [5.74, 6) is -1.61. The molecule has 1 N–H and O–H groups in total. The molecule has 0 atom stereocenters. The molecule has 3 heterocycles. The number of hydrogen-bond donors (Lipinski definition) is 1. The Morgan fingerprint density at radius 3 is 2.41 bits per heavy atom. The number of hydrogen-bond acceptors (Lipinski definition) is 4. The molecule has 3 aliphatic heterocycles. The van der Waals surface area contributed by atoms with E-state index in [1.54, 1.807) is 0 Å². The van der Waals surface area contributed by atoms with Crippen molar-refractivity contribution in [2.45, 2.75) is 12.2 Å². The molecule has 0 saturated carbocycles. The second kappa shape index (κ2) is 7.40. The highest BCUT2D eigenvalue weighted by molar-refractivity contribution is 6.05. The fourth-order valence-electron chi connectivity index (χ4n) is 4.47. The van der Waals surface area contributed by atoms with E-state index in [0.717, 1.165) is 49.5 Å². The van der Waals surface area contributed by atoms with E-state index in [1.165, 1.54) is 17.0 Å². The molecule has 0 aromatic heterocycles. The van der Waals surface area contributed by atoms with Crippen LogP contribution in [0, 0.1) is 5.82 Å². The van der Waals surface area contributed by atoms with Gasteiger partial charge < -0.3 is 19.3 Å². The summed E-state index contributed by atoms with van der Waals surface area (Å²) in [5, 5.41) is 0. The predicted molar refractivity (Wildman–Crippen MR) is 106 cm³/mol. The molecule has 2 fully saturated rings. The Kier molecular flexibility index (Phi) is 4.73. The largest absolute Gasteiger partial charge is 0.360 e. The zero-order valence-corrected chi connectivity index (χ0v) is 16.3. The van der Waals surface area contributed by atoms with Gasteiger partial charge in [0.2, 0.25) is 0 Å². The average molecular weight is 398 g/mol. The highest BCUT2D eigenvalue weighted by Gasteiger charge is 2.55. The van der Waals surface area contributed by atoms with Crippen molar-refractivity contribution in [1.82, 2.24) is 0 Å². The van der Waals surface area contributed by atoms with Gasteiger partial charge >= 0.3 is 0 Å². The van der Waals surface area contributed by atoms with E-state index in [0.29, 0.717) is 19.9 Å². The lowest BCUT2D eigenvalue weighted by Gasteiger charge is -2.36. The third kappa shape index (κ3) is 3.19. The van der Waals surface area contributed by atoms with E-state index in [1.807, 2.05) is 41.3 Å². The predicted octanol–water partition coefficient (Wildman–Crippen LogP) is 1.12. The van der Waals surface area contributed by atoms with Crippen molar-refractivity contribution in [1.29, 1.82) is 0 Å². The summed E-state index contributed by atoms with van der Waals surface area (Å²) >= 11 is 0. The van der Waals surface area contributed by atoms with Crippen molar-refractivity contribution in [3.63, 3.8) is 0 Å². The van der Waals surface area contributed by atoms with Gasteiger partial charge in [-0.15, -0.1) is 0 Å². The van der Waals surface area contributed by atoms with Crippen LogP contribution in [0.15, 0.2) is 48.5 Å². The number of fused-ring (bicyclic) bond motifs is 2. The van der Waals surface area contributed by atoms with E-state index in [4.69, 9.17) is 9.47 Å². The van der Waals surface area contributed by atoms with Gasteiger partial charge in [-0.2, -0.15) is 0 Å². The summed E-state index contributed by atoms with van der Waals surface area (Å²) < 4.78 is 25.0. The number of ether oxygens (including phenoxy) is 2. The fraction of sp³-hybridized carbons (Fsp3) is 0.409. The van der Waals surface area contributed by atoms with Crippen LogP contribution in [0.5, 0.6) is 0 Å². The molecule has 0 radical (unpaired) electrons. The minimum Gasteiger partial charge on any atom is -0.360 e. The first-order chi connectivity index (χ1) is 14.2. The van der Waals surface area contributed by atoms with Gasteiger partial charge in [-0.3, -0.25) is 9.69 Å². The van der Waals surface area contributed by atoms with Crippen molar-refractivity contribution < 1.29 is 23.6 Å². The van der Waals surface area contributed by atoms with E-state index in [2.05, 4.69) is 4.90 Å². The number of anilines is 2. The van der Waals surface area contributed by atoms with Crippen LogP contribution in [0.3, 0.4) is 0 Å². The minimum atomic E-state index is -1.27. The standard InChI is InChI=1S/C22H24FN3O3/c23-17-6-8-18(9-7-17)25-12-10-24(11-13-25)16-26-20-5-2-1-4-19(20)22(21(26)27)28-14-3-15-29-22/h1-2,4-9H,3,10-16H2/p+1. The molecule has 6 nitrogen and oxygen atoms in total. The SMILES string of the molecule is O=C1N(C[NH+]2CCN(c3ccc(F)cc3)CC2)c2ccccc2C12OCCCO2. The molecule has 0 aliphatic carbocycles. The number of nitrogens with zero attached hydrogens (tertiary/aromatic N) is 2. The molecular formula is C22H25FN3O3+. The third-order valence-electron chi connectivity index (χ3n) is 6.02. The van der Waals surface area contributed by atoms with Gasteiger partial charge in [0.1, 0.15) is 5.82 Å². The highest BCUT2D eigenvalue weighted by atomic mass is 19.1. The van der Waals surface area contributed by atoms with Gasteiger partial charge in [0.25, 0.3) is 11.7 Å². The number of carbonyl (C=O) groups excluding carboxylic acids is 1. The first-order valence-electron chi connectivity index (χ1n) is 10.2. The number of nitrogens with one attached hydrogen (secondary N) is 1. The van der Waals surface area contributed by atoms with Gasteiger partial charge in [0, 0.05) is 11.3 Å². The number of halogens is 1. The van der Waals surface area contributed by atoms with Crippen LogP contribution in [0.25, 0.3) is 0 Å². The first-order valence-corrected chi connectivity index (χ1v) is 10.2. The molecule has 1 amide bonds. The molecular weight excluding hydrogens is 373 g/mol. The average Bonchev–Trinajstić information content (AvgIpc) is 2.98.